The van der Waals surface area contributed by atoms with Crippen molar-refractivity contribution in [3.63, 3.8) is 0 Å². The van der Waals surface area contributed by atoms with E-state index in [-0.39, 0.29) is 6.54 Å². The minimum Gasteiger partial charge on any atom is -0.352 e. The van der Waals surface area contributed by atoms with E-state index in [1.54, 1.807) is 0 Å². The van der Waals surface area contributed by atoms with E-state index in [1.807, 2.05) is 13.8 Å². The van der Waals surface area contributed by atoms with Gasteiger partial charge in [0.05, 0.1) is 6.54 Å². The fraction of sp³-hybridized carbons (Fsp3) is 1.00. The van der Waals surface area contributed by atoms with Crippen LogP contribution >= 0.6 is 0 Å². The van der Waals surface area contributed by atoms with E-state index in [9.17, 15) is 8.42 Å². The molecule has 0 saturated heterocycles. The standard InChI is InChI=1S/C7H18N2O4S/c1-4-12-7(13-5-2)6-9-14(10,11)8-3/h7-9H,4-6H2,1-3H3. The lowest BCUT2D eigenvalue weighted by molar-refractivity contribution is -0.130. The molecule has 0 heterocycles. The average Bonchev–Trinajstić information content (AvgIpc) is 2.15. The summed E-state index contributed by atoms with van der Waals surface area (Å²) in [6, 6.07) is 0. The van der Waals surface area contributed by atoms with Gasteiger partial charge in [0, 0.05) is 20.3 Å². The van der Waals surface area contributed by atoms with Crippen molar-refractivity contribution in [3.05, 3.63) is 0 Å². The second-order valence-corrected chi connectivity index (χ2v) is 4.10. The number of nitrogens with one attached hydrogen (secondary N) is 2. The molecule has 0 atom stereocenters. The summed E-state index contributed by atoms with van der Waals surface area (Å²) in [4.78, 5) is 0. The summed E-state index contributed by atoms with van der Waals surface area (Å²) >= 11 is 0. The minimum atomic E-state index is -3.41. The van der Waals surface area contributed by atoms with Crippen molar-refractivity contribution in [3.8, 4) is 0 Å². The van der Waals surface area contributed by atoms with Gasteiger partial charge in [-0.2, -0.15) is 13.1 Å². The summed E-state index contributed by atoms with van der Waals surface area (Å²) in [5.74, 6) is 0. The molecule has 0 spiro atoms. The Morgan fingerprint density at radius 2 is 1.71 bits per heavy atom. The summed E-state index contributed by atoms with van der Waals surface area (Å²) < 4.78 is 36.7. The molecule has 0 rings (SSSR count). The highest BCUT2D eigenvalue weighted by Gasteiger charge is 2.12. The van der Waals surface area contributed by atoms with Gasteiger partial charge >= 0.3 is 0 Å². The number of hydrogen-bond acceptors (Lipinski definition) is 4. The second-order valence-electron chi connectivity index (χ2n) is 2.40. The Labute approximate surface area is 85.2 Å². The van der Waals surface area contributed by atoms with Crippen molar-refractivity contribution < 1.29 is 17.9 Å². The molecule has 0 aromatic heterocycles. The van der Waals surface area contributed by atoms with Crippen molar-refractivity contribution in [2.45, 2.75) is 20.1 Å². The first kappa shape index (κ1) is 13.8. The first-order valence-electron chi connectivity index (χ1n) is 4.47. The van der Waals surface area contributed by atoms with E-state index in [0.717, 1.165) is 0 Å². The lowest BCUT2D eigenvalue weighted by Crippen LogP contribution is -2.40. The molecule has 0 aliphatic heterocycles. The summed E-state index contributed by atoms with van der Waals surface area (Å²) in [6.07, 6.45) is -0.534. The molecule has 0 aromatic carbocycles. The van der Waals surface area contributed by atoms with E-state index in [1.165, 1.54) is 7.05 Å². The van der Waals surface area contributed by atoms with Crippen LogP contribution in [0.3, 0.4) is 0 Å². The number of rotatable bonds is 8. The molecule has 14 heavy (non-hydrogen) atoms. The van der Waals surface area contributed by atoms with Crippen molar-refractivity contribution in [2.75, 3.05) is 26.8 Å². The predicted molar refractivity (Wildman–Crippen MR) is 53.0 cm³/mol. The number of hydrogen-bond donors (Lipinski definition) is 2. The monoisotopic (exact) mass is 226 g/mol. The van der Waals surface area contributed by atoms with Crippen LogP contribution in [0.2, 0.25) is 0 Å². The fourth-order valence-corrected chi connectivity index (χ4v) is 1.29. The van der Waals surface area contributed by atoms with Crippen LogP contribution in [-0.4, -0.2) is 41.5 Å². The van der Waals surface area contributed by atoms with Crippen molar-refractivity contribution in [2.24, 2.45) is 0 Å². The molecule has 0 bridgehead atoms. The fourth-order valence-electron chi connectivity index (χ4n) is 0.788. The highest BCUT2D eigenvalue weighted by atomic mass is 32.2. The van der Waals surface area contributed by atoms with Crippen LogP contribution in [0.15, 0.2) is 0 Å². The molecule has 86 valence electrons. The second kappa shape index (κ2) is 7.13. The largest absolute Gasteiger partial charge is 0.352 e. The maximum atomic E-state index is 11.0. The van der Waals surface area contributed by atoms with Gasteiger partial charge < -0.3 is 9.47 Å². The van der Waals surface area contributed by atoms with Crippen molar-refractivity contribution in [1.82, 2.24) is 9.44 Å². The van der Waals surface area contributed by atoms with Crippen LogP contribution in [0, 0.1) is 0 Å². The Bertz CT molecular complexity index is 224. The summed E-state index contributed by atoms with van der Waals surface area (Å²) in [6.45, 7) is 4.69. The van der Waals surface area contributed by atoms with Gasteiger partial charge in [-0.3, -0.25) is 0 Å². The van der Waals surface area contributed by atoms with E-state index in [0.29, 0.717) is 13.2 Å². The third-order valence-corrected chi connectivity index (χ3v) is 2.50. The maximum absolute atomic E-state index is 11.0. The highest BCUT2D eigenvalue weighted by molar-refractivity contribution is 7.87. The molecule has 0 aliphatic carbocycles. The van der Waals surface area contributed by atoms with Gasteiger partial charge in [-0.25, -0.2) is 4.72 Å². The van der Waals surface area contributed by atoms with Gasteiger partial charge in [0.2, 0.25) is 0 Å². The van der Waals surface area contributed by atoms with E-state index < -0.39 is 16.5 Å². The Balaban J connectivity index is 3.92. The highest BCUT2D eigenvalue weighted by Crippen LogP contribution is 1.93. The topological polar surface area (TPSA) is 76.7 Å². The van der Waals surface area contributed by atoms with Crippen LogP contribution in [0.1, 0.15) is 13.8 Å². The first-order chi connectivity index (χ1) is 6.55. The van der Waals surface area contributed by atoms with Gasteiger partial charge in [0.25, 0.3) is 10.2 Å². The molecule has 0 unspecified atom stereocenters. The van der Waals surface area contributed by atoms with Crippen molar-refractivity contribution >= 4 is 10.2 Å². The van der Waals surface area contributed by atoms with Gasteiger partial charge in [0.1, 0.15) is 0 Å². The SMILES string of the molecule is CCOC(CNS(=O)(=O)NC)OCC. The summed E-state index contributed by atoms with van der Waals surface area (Å²) in [5.41, 5.74) is 0. The molecule has 0 fully saturated rings. The smallest absolute Gasteiger partial charge is 0.276 e. The normalized spacial score (nSPS) is 12.3. The zero-order chi connectivity index (χ0) is 11.0. The lowest BCUT2D eigenvalue weighted by atomic mass is 10.6. The average molecular weight is 226 g/mol. The lowest BCUT2D eigenvalue weighted by Gasteiger charge is -2.16. The Kier molecular flexibility index (Phi) is 7.02. The summed E-state index contributed by atoms with van der Waals surface area (Å²) in [5, 5.41) is 0. The van der Waals surface area contributed by atoms with Crippen LogP contribution in [0.4, 0.5) is 0 Å². The van der Waals surface area contributed by atoms with E-state index in [2.05, 4.69) is 9.44 Å². The molecule has 0 radical (unpaired) electrons. The molecule has 0 aliphatic rings. The molecular formula is C7H18N2O4S. The van der Waals surface area contributed by atoms with Crippen molar-refractivity contribution in [1.29, 1.82) is 0 Å². The molecule has 7 heteroatoms. The Morgan fingerprint density at radius 1 is 1.21 bits per heavy atom. The van der Waals surface area contributed by atoms with E-state index in [4.69, 9.17) is 9.47 Å². The minimum absolute atomic E-state index is 0.102. The van der Waals surface area contributed by atoms with Gasteiger partial charge in [-0.05, 0) is 13.8 Å². The molecular weight excluding hydrogens is 208 g/mol. The Hall–Kier alpha value is -0.210. The van der Waals surface area contributed by atoms with Crippen LogP contribution in [0.5, 0.6) is 0 Å². The van der Waals surface area contributed by atoms with Crippen LogP contribution in [-0.2, 0) is 19.7 Å². The molecule has 0 saturated carbocycles. The molecule has 6 nitrogen and oxygen atoms in total. The zero-order valence-corrected chi connectivity index (χ0v) is 9.56. The summed E-state index contributed by atoms with van der Waals surface area (Å²) in [7, 11) is -2.08. The first-order valence-corrected chi connectivity index (χ1v) is 5.95. The molecule has 2 N–H and O–H groups in total. The molecule has 0 amide bonds. The Morgan fingerprint density at radius 3 is 2.07 bits per heavy atom. The van der Waals surface area contributed by atoms with Crippen LogP contribution < -0.4 is 9.44 Å². The quantitative estimate of drug-likeness (QED) is 0.544. The third kappa shape index (κ3) is 6.28. The van der Waals surface area contributed by atoms with Crippen LogP contribution in [0.25, 0.3) is 0 Å². The van der Waals surface area contributed by atoms with Gasteiger partial charge in [0.15, 0.2) is 6.29 Å². The zero-order valence-electron chi connectivity index (χ0n) is 8.74. The van der Waals surface area contributed by atoms with Gasteiger partial charge in [-0.15, -0.1) is 0 Å². The maximum Gasteiger partial charge on any atom is 0.276 e. The van der Waals surface area contributed by atoms with Gasteiger partial charge in [-0.1, -0.05) is 0 Å². The molecule has 0 aromatic rings. The predicted octanol–water partition coefficient (Wildman–Crippen LogP) is -0.561. The number of ether oxygens (including phenoxy) is 2. The third-order valence-electron chi connectivity index (χ3n) is 1.41. The van der Waals surface area contributed by atoms with E-state index >= 15 is 0 Å².